The second kappa shape index (κ2) is 6.73. The molecular formula is C16H23N3OS. The summed E-state index contributed by atoms with van der Waals surface area (Å²) in [6.07, 6.45) is 3.73. The van der Waals surface area contributed by atoms with E-state index in [1.54, 1.807) is 11.3 Å². The molecule has 0 aliphatic carbocycles. The number of thiophene rings is 1. The van der Waals surface area contributed by atoms with Gasteiger partial charge >= 0.3 is 0 Å². The van der Waals surface area contributed by atoms with Crippen molar-refractivity contribution in [3.8, 4) is 10.8 Å². The zero-order valence-electron chi connectivity index (χ0n) is 12.8. The molecule has 3 heterocycles. The van der Waals surface area contributed by atoms with E-state index in [0.29, 0.717) is 6.04 Å². The fourth-order valence-electron chi connectivity index (χ4n) is 2.89. The number of aryl methyl sites for hydroxylation is 1. The maximum Gasteiger partial charge on any atom is 0.236 e. The van der Waals surface area contributed by atoms with Gasteiger partial charge in [0.05, 0.1) is 10.6 Å². The number of nitrogens with zero attached hydrogens (tertiary/aromatic N) is 2. The summed E-state index contributed by atoms with van der Waals surface area (Å²) < 4.78 is 5.83. The lowest BCUT2D eigenvalue weighted by Crippen LogP contribution is -2.32. The van der Waals surface area contributed by atoms with Gasteiger partial charge in [-0.3, -0.25) is 4.90 Å². The molecule has 1 unspecified atom stereocenters. The van der Waals surface area contributed by atoms with Gasteiger partial charge in [-0.05, 0) is 57.8 Å². The van der Waals surface area contributed by atoms with Gasteiger partial charge in [-0.25, -0.2) is 4.98 Å². The van der Waals surface area contributed by atoms with Gasteiger partial charge in [0.25, 0.3) is 0 Å². The van der Waals surface area contributed by atoms with E-state index in [4.69, 9.17) is 9.40 Å². The van der Waals surface area contributed by atoms with Crippen LogP contribution in [0.3, 0.4) is 0 Å². The Kier molecular flexibility index (Phi) is 4.73. The van der Waals surface area contributed by atoms with Crippen molar-refractivity contribution in [3.05, 3.63) is 29.0 Å². The predicted molar refractivity (Wildman–Crippen MR) is 86.5 cm³/mol. The first-order valence-electron chi connectivity index (χ1n) is 7.65. The molecule has 0 bridgehead atoms. The van der Waals surface area contributed by atoms with Crippen LogP contribution in [0.25, 0.3) is 10.8 Å². The van der Waals surface area contributed by atoms with Crippen molar-refractivity contribution >= 4 is 11.3 Å². The molecule has 0 radical (unpaired) electrons. The highest BCUT2D eigenvalue weighted by atomic mass is 32.1. The molecule has 2 aromatic heterocycles. The van der Waals surface area contributed by atoms with Crippen LogP contribution >= 0.6 is 11.3 Å². The van der Waals surface area contributed by atoms with Crippen LogP contribution in [0.1, 0.15) is 30.7 Å². The van der Waals surface area contributed by atoms with Crippen molar-refractivity contribution in [1.29, 1.82) is 0 Å². The van der Waals surface area contributed by atoms with Gasteiger partial charge in [0.15, 0.2) is 0 Å². The van der Waals surface area contributed by atoms with Gasteiger partial charge in [0.1, 0.15) is 5.76 Å². The van der Waals surface area contributed by atoms with Crippen LogP contribution in [0.2, 0.25) is 0 Å². The average molecular weight is 305 g/mol. The molecule has 1 N–H and O–H groups in total. The lowest BCUT2D eigenvalue weighted by atomic mass is 10.1. The minimum atomic E-state index is 0.640. The summed E-state index contributed by atoms with van der Waals surface area (Å²) in [6, 6.07) is 4.73. The zero-order valence-corrected chi connectivity index (χ0v) is 13.6. The maximum atomic E-state index is 5.83. The molecule has 1 aliphatic heterocycles. The van der Waals surface area contributed by atoms with Crippen LogP contribution in [-0.4, -0.2) is 36.1 Å². The predicted octanol–water partition coefficient (Wildman–Crippen LogP) is 3.29. The molecule has 114 valence electrons. The van der Waals surface area contributed by atoms with Gasteiger partial charge in [-0.1, -0.05) is 6.07 Å². The maximum absolute atomic E-state index is 5.83. The number of oxazole rings is 1. The first-order chi connectivity index (χ1) is 10.2. The molecular weight excluding hydrogens is 282 g/mol. The summed E-state index contributed by atoms with van der Waals surface area (Å²) in [4.78, 5) is 8.23. The van der Waals surface area contributed by atoms with E-state index >= 15 is 0 Å². The largest absolute Gasteiger partial charge is 0.440 e. The number of nitrogens with one attached hydrogen (secondary N) is 1. The summed E-state index contributed by atoms with van der Waals surface area (Å²) in [5.74, 6) is 1.70. The summed E-state index contributed by atoms with van der Waals surface area (Å²) in [5.41, 5.74) is 1.07. The molecule has 1 aliphatic rings. The van der Waals surface area contributed by atoms with Crippen molar-refractivity contribution in [2.24, 2.45) is 0 Å². The van der Waals surface area contributed by atoms with Crippen molar-refractivity contribution in [3.63, 3.8) is 0 Å². The Morgan fingerprint density at radius 3 is 3.14 bits per heavy atom. The third-order valence-corrected chi connectivity index (χ3v) is 5.05. The van der Waals surface area contributed by atoms with E-state index in [0.717, 1.165) is 41.9 Å². The van der Waals surface area contributed by atoms with Crippen molar-refractivity contribution in [2.75, 3.05) is 20.1 Å². The molecule has 0 saturated carbocycles. The average Bonchev–Trinajstić information content (AvgIpc) is 3.02. The number of aromatic nitrogens is 1. The Balaban J connectivity index is 1.69. The molecule has 0 spiro atoms. The molecule has 1 fully saturated rings. The third-order valence-electron chi connectivity index (χ3n) is 4.19. The van der Waals surface area contributed by atoms with Crippen LogP contribution in [-0.2, 0) is 6.54 Å². The fourth-order valence-corrected chi connectivity index (χ4v) is 3.54. The standard InChI is InChI=1S/C16H23N3OS/c1-12-14(18-16(20-12)15-6-4-10-21-15)11-19(2)13-5-3-8-17-9-7-13/h4,6,10,13,17H,3,5,7-9,11H2,1-2H3. The minimum Gasteiger partial charge on any atom is -0.440 e. The monoisotopic (exact) mass is 305 g/mol. The van der Waals surface area contributed by atoms with Gasteiger partial charge in [0, 0.05) is 12.6 Å². The van der Waals surface area contributed by atoms with Gasteiger partial charge in [-0.2, -0.15) is 0 Å². The molecule has 2 aromatic rings. The van der Waals surface area contributed by atoms with Gasteiger partial charge in [0.2, 0.25) is 5.89 Å². The lowest BCUT2D eigenvalue weighted by Gasteiger charge is -2.26. The summed E-state index contributed by atoms with van der Waals surface area (Å²) in [6.45, 7) is 5.15. The highest BCUT2D eigenvalue weighted by Crippen LogP contribution is 2.26. The van der Waals surface area contributed by atoms with Gasteiger partial charge < -0.3 is 9.73 Å². The van der Waals surface area contributed by atoms with Crippen LogP contribution in [0, 0.1) is 6.92 Å². The highest BCUT2D eigenvalue weighted by molar-refractivity contribution is 7.13. The van der Waals surface area contributed by atoms with E-state index in [-0.39, 0.29) is 0 Å². The Labute approximate surface area is 130 Å². The number of hydrogen-bond acceptors (Lipinski definition) is 5. The topological polar surface area (TPSA) is 41.3 Å². The first-order valence-corrected chi connectivity index (χ1v) is 8.53. The summed E-state index contributed by atoms with van der Waals surface area (Å²) in [5, 5.41) is 5.53. The van der Waals surface area contributed by atoms with E-state index < -0.39 is 0 Å². The van der Waals surface area contributed by atoms with Crippen molar-refractivity contribution in [2.45, 2.75) is 38.8 Å². The molecule has 0 amide bonds. The minimum absolute atomic E-state index is 0.640. The Morgan fingerprint density at radius 1 is 1.43 bits per heavy atom. The van der Waals surface area contributed by atoms with Crippen LogP contribution in [0.15, 0.2) is 21.9 Å². The quantitative estimate of drug-likeness (QED) is 0.941. The SMILES string of the molecule is Cc1oc(-c2cccs2)nc1CN(C)C1CCCNCC1. The molecule has 1 atom stereocenters. The second-order valence-corrected chi connectivity index (χ2v) is 6.70. The summed E-state index contributed by atoms with van der Waals surface area (Å²) >= 11 is 1.67. The van der Waals surface area contributed by atoms with Crippen LogP contribution < -0.4 is 5.32 Å². The van der Waals surface area contributed by atoms with Crippen LogP contribution in [0.4, 0.5) is 0 Å². The first kappa shape index (κ1) is 14.8. The Bertz CT molecular complexity index is 556. The third kappa shape index (κ3) is 3.54. The zero-order chi connectivity index (χ0) is 14.7. The van der Waals surface area contributed by atoms with Crippen molar-refractivity contribution < 1.29 is 4.42 Å². The molecule has 5 heteroatoms. The second-order valence-electron chi connectivity index (χ2n) is 5.75. The van der Waals surface area contributed by atoms with E-state index in [2.05, 4.69) is 28.7 Å². The van der Waals surface area contributed by atoms with E-state index in [1.165, 1.54) is 19.3 Å². The normalized spacial score (nSPS) is 19.9. The highest BCUT2D eigenvalue weighted by Gasteiger charge is 2.20. The van der Waals surface area contributed by atoms with E-state index in [1.807, 2.05) is 13.0 Å². The summed E-state index contributed by atoms with van der Waals surface area (Å²) in [7, 11) is 2.20. The number of hydrogen-bond donors (Lipinski definition) is 1. The fraction of sp³-hybridized carbons (Fsp3) is 0.562. The lowest BCUT2D eigenvalue weighted by molar-refractivity contribution is 0.213. The molecule has 3 rings (SSSR count). The molecule has 21 heavy (non-hydrogen) atoms. The molecule has 0 aromatic carbocycles. The van der Waals surface area contributed by atoms with Gasteiger partial charge in [-0.15, -0.1) is 11.3 Å². The molecule has 1 saturated heterocycles. The number of rotatable bonds is 4. The Hall–Kier alpha value is -1.17. The van der Waals surface area contributed by atoms with E-state index in [9.17, 15) is 0 Å². The van der Waals surface area contributed by atoms with Crippen LogP contribution in [0.5, 0.6) is 0 Å². The molecule has 4 nitrogen and oxygen atoms in total. The Morgan fingerprint density at radius 2 is 2.33 bits per heavy atom. The van der Waals surface area contributed by atoms with Crippen molar-refractivity contribution in [1.82, 2.24) is 15.2 Å². The smallest absolute Gasteiger partial charge is 0.236 e.